The quantitative estimate of drug-likeness (QED) is 0.288. The minimum absolute atomic E-state index is 0.0677. The normalized spacial score (nSPS) is 12.3. The zero-order valence-electron chi connectivity index (χ0n) is 23.2. The van der Waals surface area contributed by atoms with Crippen LogP contribution in [0.3, 0.4) is 0 Å². The molecule has 210 valence electrons. The second kappa shape index (κ2) is 13.5. The minimum atomic E-state index is -0.659. The lowest BCUT2D eigenvalue weighted by Crippen LogP contribution is -2.33. The van der Waals surface area contributed by atoms with Gasteiger partial charge in [0, 0.05) is 50.7 Å². The van der Waals surface area contributed by atoms with E-state index in [-0.39, 0.29) is 24.3 Å². The Kier molecular flexibility index (Phi) is 9.55. The molecule has 2 atom stereocenters. The molecule has 2 amide bonds. The van der Waals surface area contributed by atoms with Crippen LogP contribution in [0, 0.1) is 17.1 Å². The molecule has 0 saturated heterocycles. The van der Waals surface area contributed by atoms with Gasteiger partial charge in [-0.15, -0.1) is 0 Å². The van der Waals surface area contributed by atoms with Crippen molar-refractivity contribution in [1.82, 2.24) is 25.0 Å². The van der Waals surface area contributed by atoms with Crippen LogP contribution in [-0.2, 0) is 16.1 Å². The molecule has 0 spiro atoms. The number of pyridine rings is 1. The predicted octanol–water partition coefficient (Wildman–Crippen LogP) is 4.16. The second-order valence-electron chi connectivity index (χ2n) is 10.0. The maximum absolute atomic E-state index is 14.1. The first-order valence-corrected chi connectivity index (χ1v) is 13.2. The highest BCUT2D eigenvalue weighted by atomic mass is 19.1. The Labute approximate surface area is 238 Å². The number of hydrogen-bond donors (Lipinski definition) is 2. The molecule has 2 N–H and O–H groups in total. The SMILES string of the molecule is C[C@H](CNCC(C(=O)Nc1ccc(-c2cnn(CC(=O)N(C)C)c2)cn1)c1cccc(F)c1)c1ccc(C#N)cc1. The molecule has 9 nitrogen and oxygen atoms in total. The first-order valence-electron chi connectivity index (χ1n) is 13.2. The Morgan fingerprint density at radius 1 is 1.02 bits per heavy atom. The highest BCUT2D eigenvalue weighted by Gasteiger charge is 2.22. The first kappa shape index (κ1) is 29.1. The number of likely N-dealkylation sites (N-methyl/N-ethyl adjacent to an activating group) is 1. The summed E-state index contributed by atoms with van der Waals surface area (Å²) in [5.41, 5.74) is 3.80. The zero-order valence-corrected chi connectivity index (χ0v) is 23.2. The zero-order chi connectivity index (χ0) is 29.4. The number of hydrogen-bond acceptors (Lipinski definition) is 6. The Morgan fingerprint density at radius 2 is 1.80 bits per heavy atom. The van der Waals surface area contributed by atoms with Crippen molar-refractivity contribution >= 4 is 17.6 Å². The summed E-state index contributed by atoms with van der Waals surface area (Å²) >= 11 is 0. The third-order valence-corrected chi connectivity index (χ3v) is 6.75. The molecule has 0 aliphatic rings. The molecule has 0 aliphatic heterocycles. The predicted molar refractivity (Wildman–Crippen MR) is 154 cm³/mol. The topological polar surface area (TPSA) is 116 Å². The van der Waals surface area contributed by atoms with Crippen LogP contribution in [0.1, 0.15) is 35.4 Å². The smallest absolute Gasteiger partial charge is 0.243 e. The Morgan fingerprint density at radius 3 is 2.46 bits per heavy atom. The fourth-order valence-electron chi connectivity index (χ4n) is 4.26. The van der Waals surface area contributed by atoms with E-state index < -0.39 is 11.7 Å². The van der Waals surface area contributed by atoms with Crippen molar-refractivity contribution in [3.05, 3.63) is 102 Å². The van der Waals surface area contributed by atoms with Crippen LogP contribution in [0.25, 0.3) is 11.1 Å². The molecule has 0 radical (unpaired) electrons. The van der Waals surface area contributed by atoms with E-state index in [0.717, 1.165) is 16.7 Å². The van der Waals surface area contributed by atoms with Gasteiger partial charge in [-0.2, -0.15) is 10.4 Å². The van der Waals surface area contributed by atoms with Crippen LogP contribution in [0.4, 0.5) is 10.2 Å². The summed E-state index contributed by atoms with van der Waals surface area (Å²) < 4.78 is 15.6. The van der Waals surface area contributed by atoms with Gasteiger partial charge in [-0.1, -0.05) is 31.2 Å². The van der Waals surface area contributed by atoms with Crippen LogP contribution in [0.5, 0.6) is 0 Å². The second-order valence-corrected chi connectivity index (χ2v) is 10.0. The van der Waals surface area contributed by atoms with E-state index in [1.54, 1.807) is 67.7 Å². The molecule has 0 fully saturated rings. The number of halogens is 1. The van der Waals surface area contributed by atoms with Crippen LogP contribution in [-0.4, -0.2) is 58.7 Å². The third-order valence-electron chi connectivity index (χ3n) is 6.75. The summed E-state index contributed by atoms with van der Waals surface area (Å²) in [6, 6.07) is 19.1. The standard InChI is InChI=1S/C31H32FN7O2/c1-21(23-9-7-22(14-33)8-10-23)15-34-18-28(24-5-4-6-27(32)13-24)31(41)37-29-12-11-25(16-35-29)26-17-36-39(19-26)20-30(40)38(2)3/h4-13,16-17,19,21,28,34H,15,18,20H2,1-3H3,(H,35,37,41)/t21-,28?/m1/s1. The van der Waals surface area contributed by atoms with E-state index in [4.69, 9.17) is 5.26 Å². The molecule has 0 bridgehead atoms. The van der Waals surface area contributed by atoms with E-state index in [1.807, 2.05) is 18.2 Å². The number of anilines is 1. The number of carbonyl (C=O) groups excluding carboxylic acids is 2. The number of amides is 2. The van der Waals surface area contributed by atoms with E-state index >= 15 is 0 Å². The molecule has 4 rings (SSSR count). The molecule has 2 heterocycles. The lowest BCUT2D eigenvalue weighted by molar-refractivity contribution is -0.129. The van der Waals surface area contributed by atoms with Gasteiger partial charge < -0.3 is 15.5 Å². The monoisotopic (exact) mass is 553 g/mol. The van der Waals surface area contributed by atoms with Crippen molar-refractivity contribution in [2.45, 2.75) is 25.3 Å². The Hall–Kier alpha value is -4.88. The van der Waals surface area contributed by atoms with Crippen molar-refractivity contribution in [3.8, 4) is 17.2 Å². The molecular formula is C31H32FN7O2. The fourth-order valence-corrected chi connectivity index (χ4v) is 4.26. The van der Waals surface area contributed by atoms with E-state index in [0.29, 0.717) is 30.0 Å². The van der Waals surface area contributed by atoms with Gasteiger partial charge in [0.25, 0.3) is 0 Å². The highest BCUT2D eigenvalue weighted by molar-refractivity contribution is 5.95. The molecular weight excluding hydrogens is 521 g/mol. The van der Waals surface area contributed by atoms with Gasteiger partial charge in [-0.05, 0) is 53.4 Å². The molecule has 4 aromatic rings. The highest BCUT2D eigenvalue weighted by Crippen LogP contribution is 2.22. The molecule has 10 heteroatoms. The van der Waals surface area contributed by atoms with Gasteiger partial charge in [-0.25, -0.2) is 9.37 Å². The van der Waals surface area contributed by atoms with Crippen molar-refractivity contribution < 1.29 is 14.0 Å². The van der Waals surface area contributed by atoms with Crippen LogP contribution >= 0.6 is 0 Å². The maximum atomic E-state index is 14.1. The molecule has 0 saturated carbocycles. The van der Waals surface area contributed by atoms with Gasteiger partial charge in [0.05, 0.1) is 23.7 Å². The molecule has 2 aromatic carbocycles. The van der Waals surface area contributed by atoms with Crippen LogP contribution in [0.15, 0.2) is 79.3 Å². The maximum Gasteiger partial charge on any atom is 0.243 e. The fraction of sp³-hybridized carbons (Fsp3) is 0.258. The number of nitrogens with zero attached hydrogens (tertiary/aromatic N) is 5. The number of carbonyl (C=O) groups is 2. The van der Waals surface area contributed by atoms with Gasteiger partial charge in [-0.3, -0.25) is 14.3 Å². The third kappa shape index (κ3) is 7.84. The largest absolute Gasteiger partial charge is 0.347 e. The summed E-state index contributed by atoms with van der Waals surface area (Å²) in [4.78, 5) is 31.2. The summed E-state index contributed by atoms with van der Waals surface area (Å²) in [5.74, 6) is -0.958. The molecule has 0 aliphatic carbocycles. The molecule has 41 heavy (non-hydrogen) atoms. The van der Waals surface area contributed by atoms with Gasteiger partial charge in [0.1, 0.15) is 18.2 Å². The number of benzene rings is 2. The van der Waals surface area contributed by atoms with E-state index in [1.165, 1.54) is 17.0 Å². The minimum Gasteiger partial charge on any atom is -0.347 e. The van der Waals surface area contributed by atoms with Crippen LogP contribution < -0.4 is 10.6 Å². The Balaban J connectivity index is 1.41. The van der Waals surface area contributed by atoms with Crippen molar-refractivity contribution in [1.29, 1.82) is 5.26 Å². The van der Waals surface area contributed by atoms with E-state index in [9.17, 15) is 14.0 Å². The number of aromatic nitrogens is 3. The molecule has 2 aromatic heterocycles. The van der Waals surface area contributed by atoms with Crippen molar-refractivity contribution in [2.75, 3.05) is 32.5 Å². The number of rotatable bonds is 11. The number of nitriles is 1. The molecule has 1 unspecified atom stereocenters. The lowest BCUT2D eigenvalue weighted by atomic mass is 9.96. The average molecular weight is 554 g/mol. The van der Waals surface area contributed by atoms with Crippen molar-refractivity contribution in [2.24, 2.45) is 0 Å². The van der Waals surface area contributed by atoms with Crippen LogP contribution in [0.2, 0.25) is 0 Å². The Bertz CT molecular complexity index is 1530. The lowest BCUT2D eigenvalue weighted by Gasteiger charge is -2.20. The summed E-state index contributed by atoms with van der Waals surface area (Å²) in [5, 5.41) is 19.5. The van der Waals surface area contributed by atoms with Gasteiger partial charge in [0.2, 0.25) is 11.8 Å². The van der Waals surface area contributed by atoms with Gasteiger partial charge in [0.15, 0.2) is 0 Å². The summed E-state index contributed by atoms with van der Waals surface area (Å²) in [6.45, 7) is 3.07. The van der Waals surface area contributed by atoms with Crippen molar-refractivity contribution in [3.63, 3.8) is 0 Å². The average Bonchev–Trinajstić information content (AvgIpc) is 3.44. The van der Waals surface area contributed by atoms with E-state index in [2.05, 4.69) is 33.7 Å². The summed E-state index contributed by atoms with van der Waals surface area (Å²) in [7, 11) is 3.38. The van der Waals surface area contributed by atoms with Gasteiger partial charge >= 0.3 is 0 Å². The first-order chi connectivity index (χ1) is 19.7. The number of nitrogens with one attached hydrogen (secondary N) is 2. The summed E-state index contributed by atoms with van der Waals surface area (Å²) in [6.07, 6.45) is 5.05.